The molecule has 1 aromatic rings. The minimum atomic E-state index is -0.166. The third-order valence-corrected chi connectivity index (χ3v) is 7.75. The first kappa shape index (κ1) is 20.9. The lowest BCUT2D eigenvalue weighted by Crippen LogP contribution is -2.58. The van der Waals surface area contributed by atoms with Gasteiger partial charge in [0.25, 0.3) is 0 Å². The fourth-order valence-electron chi connectivity index (χ4n) is 5.91. The largest absolute Gasteiger partial charge is 0.393 e. The molecule has 2 nitrogen and oxygen atoms in total. The van der Waals surface area contributed by atoms with Crippen LogP contribution in [0.1, 0.15) is 84.6 Å². The quantitative estimate of drug-likeness (QED) is 0.659. The van der Waals surface area contributed by atoms with E-state index < -0.39 is 0 Å². The summed E-state index contributed by atoms with van der Waals surface area (Å²) >= 11 is 0. The Hall–Kier alpha value is -0.860. The fraction of sp³-hybridized carbons (Fsp3) is 0.760. The lowest BCUT2D eigenvalue weighted by atomic mass is 9.70. The Labute approximate surface area is 167 Å². The van der Waals surface area contributed by atoms with Gasteiger partial charge in [0.2, 0.25) is 0 Å². The van der Waals surface area contributed by atoms with Gasteiger partial charge in [-0.1, -0.05) is 62.9 Å². The molecule has 0 aromatic heterocycles. The van der Waals surface area contributed by atoms with Crippen LogP contribution in [-0.2, 0) is 6.54 Å². The second kappa shape index (κ2) is 9.09. The molecule has 0 saturated heterocycles. The Kier molecular flexibility index (Phi) is 7.03. The molecule has 1 N–H and O–H groups in total. The molecule has 0 bridgehead atoms. The van der Waals surface area contributed by atoms with E-state index >= 15 is 0 Å². The maximum absolute atomic E-state index is 11.0. The number of benzene rings is 1. The standard InChI is InChI=1S/C25H41NO/c1-19-15-16-23(24(27)17-19)25(3,4)26(18-21-11-7-5-8-12-21)20(2)22-13-9-6-10-14-22/h5,7-8,11-12,19-20,22-24,27H,6,9-10,13-18H2,1-4H3/t19-,20+,23-,24-/m1/s1. The zero-order valence-corrected chi connectivity index (χ0v) is 18.0. The van der Waals surface area contributed by atoms with Crippen LogP contribution in [0.25, 0.3) is 0 Å². The van der Waals surface area contributed by atoms with E-state index in [0.717, 1.165) is 25.3 Å². The van der Waals surface area contributed by atoms with E-state index in [1.54, 1.807) is 0 Å². The van der Waals surface area contributed by atoms with Crippen molar-refractivity contribution < 1.29 is 5.11 Å². The van der Waals surface area contributed by atoms with Gasteiger partial charge in [-0.25, -0.2) is 0 Å². The van der Waals surface area contributed by atoms with E-state index in [0.29, 0.717) is 17.9 Å². The lowest BCUT2D eigenvalue weighted by molar-refractivity contribution is -0.0728. The summed E-state index contributed by atoms with van der Waals surface area (Å²) in [5.74, 6) is 1.82. The van der Waals surface area contributed by atoms with Gasteiger partial charge in [0.15, 0.2) is 0 Å². The Bertz CT molecular complexity index is 563. The van der Waals surface area contributed by atoms with Crippen LogP contribution in [0.2, 0.25) is 0 Å². The molecule has 0 heterocycles. The van der Waals surface area contributed by atoms with E-state index in [2.05, 4.69) is 62.9 Å². The van der Waals surface area contributed by atoms with Crippen LogP contribution in [0.3, 0.4) is 0 Å². The van der Waals surface area contributed by atoms with Crippen LogP contribution >= 0.6 is 0 Å². The van der Waals surface area contributed by atoms with Gasteiger partial charge in [-0.2, -0.15) is 0 Å². The molecule has 2 aliphatic rings. The number of rotatable bonds is 6. The molecule has 2 saturated carbocycles. The molecule has 3 rings (SSSR count). The first-order chi connectivity index (χ1) is 12.9. The number of aliphatic hydroxyl groups is 1. The smallest absolute Gasteiger partial charge is 0.0588 e. The molecule has 4 atom stereocenters. The van der Waals surface area contributed by atoms with Crippen molar-refractivity contribution in [3.8, 4) is 0 Å². The van der Waals surface area contributed by atoms with Crippen molar-refractivity contribution in [2.24, 2.45) is 17.8 Å². The summed E-state index contributed by atoms with van der Waals surface area (Å²) in [7, 11) is 0. The molecule has 0 spiro atoms. The average Bonchev–Trinajstić information content (AvgIpc) is 2.66. The molecule has 2 aliphatic carbocycles. The van der Waals surface area contributed by atoms with Gasteiger partial charge in [-0.3, -0.25) is 4.90 Å². The monoisotopic (exact) mass is 371 g/mol. The van der Waals surface area contributed by atoms with Gasteiger partial charge >= 0.3 is 0 Å². The summed E-state index contributed by atoms with van der Waals surface area (Å²) in [4.78, 5) is 2.75. The summed E-state index contributed by atoms with van der Waals surface area (Å²) in [5.41, 5.74) is 1.40. The van der Waals surface area contributed by atoms with Gasteiger partial charge in [-0.05, 0) is 63.9 Å². The van der Waals surface area contributed by atoms with Crippen molar-refractivity contribution in [1.82, 2.24) is 4.90 Å². The van der Waals surface area contributed by atoms with E-state index in [1.165, 1.54) is 44.1 Å². The third kappa shape index (κ3) is 4.95. The maximum atomic E-state index is 11.0. The molecule has 0 amide bonds. The normalized spacial score (nSPS) is 29.0. The van der Waals surface area contributed by atoms with E-state index in [-0.39, 0.29) is 11.6 Å². The molecule has 152 valence electrons. The van der Waals surface area contributed by atoms with Gasteiger partial charge in [0.05, 0.1) is 6.10 Å². The van der Waals surface area contributed by atoms with Crippen LogP contribution < -0.4 is 0 Å². The SMILES string of the molecule is C[C@@H]1CC[C@@H](C(C)(C)N(Cc2ccccc2)[C@@H](C)C2CCCCC2)[C@H](O)C1. The van der Waals surface area contributed by atoms with Crippen molar-refractivity contribution in [1.29, 1.82) is 0 Å². The molecule has 2 fully saturated rings. The number of nitrogens with zero attached hydrogens (tertiary/aromatic N) is 1. The first-order valence-electron chi connectivity index (χ1n) is 11.4. The van der Waals surface area contributed by atoms with Crippen molar-refractivity contribution in [3.05, 3.63) is 35.9 Å². The van der Waals surface area contributed by atoms with Crippen molar-refractivity contribution in [2.45, 2.75) is 103 Å². The Morgan fingerprint density at radius 2 is 1.70 bits per heavy atom. The second-order valence-electron chi connectivity index (χ2n) is 10.00. The predicted octanol–water partition coefficient (Wildman–Crippen LogP) is 6.03. The minimum absolute atomic E-state index is 0.00621. The average molecular weight is 372 g/mol. The molecule has 0 aliphatic heterocycles. The third-order valence-electron chi connectivity index (χ3n) is 7.75. The maximum Gasteiger partial charge on any atom is 0.0588 e. The lowest BCUT2D eigenvalue weighted by Gasteiger charge is -2.52. The number of aliphatic hydroxyl groups excluding tert-OH is 1. The summed E-state index contributed by atoms with van der Waals surface area (Å²) < 4.78 is 0. The van der Waals surface area contributed by atoms with Crippen molar-refractivity contribution >= 4 is 0 Å². The molecular weight excluding hydrogens is 330 g/mol. The highest BCUT2D eigenvalue weighted by Gasteiger charge is 2.44. The highest BCUT2D eigenvalue weighted by atomic mass is 16.3. The molecule has 27 heavy (non-hydrogen) atoms. The summed E-state index contributed by atoms with van der Waals surface area (Å²) in [5, 5.41) is 11.0. The summed E-state index contributed by atoms with van der Waals surface area (Å²) in [6.45, 7) is 10.5. The first-order valence-corrected chi connectivity index (χ1v) is 11.4. The Morgan fingerprint density at radius 1 is 1.04 bits per heavy atom. The Morgan fingerprint density at radius 3 is 2.33 bits per heavy atom. The van der Waals surface area contributed by atoms with Gasteiger partial charge in [-0.15, -0.1) is 0 Å². The Balaban J connectivity index is 1.84. The predicted molar refractivity (Wildman–Crippen MR) is 115 cm³/mol. The fourth-order valence-corrected chi connectivity index (χ4v) is 5.91. The zero-order valence-electron chi connectivity index (χ0n) is 18.0. The summed E-state index contributed by atoms with van der Waals surface area (Å²) in [6, 6.07) is 11.5. The van der Waals surface area contributed by atoms with Crippen LogP contribution in [-0.4, -0.2) is 27.7 Å². The van der Waals surface area contributed by atoms with Crippen LogP contribution in [0.4, 0.5) is 0 Å². The number of hydrogen-bond donors (Lipinski definition) is 1. The van der Waals surface area contributed by atoms with Crippen molar-refractivity contribution in [3.63, 3.8) is 0 Å². The molecule has 0 unspecified atom stereocenters. The molecule has 0 radical (unpaired) electrons. The highest BCUT2D eigenvalue weighted by Crippen LogP contribution is 2.42. The minimum Gasteiger partial charge on any atom is -0.393 e. The van der Waals surface area contributed by atoms with Crippen LogP contribution in [0.15, 0.2) is 30.3 Å². The zero-order chi connectivity index (χ0) is 19.4. The van der Waals surface area contributed by atoms with Crippen molar-refractivity contribution in [2.75, 3.05) is 0 Å². The van der Waals surface area contributed by atoms with E-state index in [1.807, 2.05) is 0 Å². The van der Waals surface area contributed by atoms with Crippen LogP contribution in [0, 0.1) is 17.8 Å². The second-order valence-corrected chi connectivity index (χ2v) is 10.00. The molecular formula is C25H41NO. The molecule has 1 aromatic carbocycles. The van der Waals surface area contributed by atoms with Gasteiger partial charge < -0.3 is 5.11 Å². The molecule has 2 heteroatoms. The van der Waals surface area contributed by atoms with E-state index in [4.69, 9.17) is 0 Å². The summed E-state index contributed by atoms with van der Waals surface area (Å²) in [6.07, 6.45) is 10.1. The van der Waals surface area contributed by atoms with E-state index in [9.17, 15) is 5.11 Å². The topological polar surface area (TPSA) is 23.5 Å². The van der Waals surface area contributed by atoms with Gasteiger partial charge in [0.1, 0.15) is 0 Å². The highest BCUT2D eigenvalue weighted by molar-refractivity contribution is 5.15. The number of hydrogen-bond acceptors (Lipinski definition) is 2. The van der Waals surface area contributed by atoms with Gasteiger partial charge in [0, 0.05) is 24.0 Å². The van der Waals surface area contributed by atoms with Crippen LogP contribution in [0.5, 0.6) is 0 Å².